The van der Waals surface area contributed by atoms with Crippen LogP contribution < -0.4 is 4.74 Å². The van der Waals surface area contributed by atoms with E-state index in [2.05, 4.69) is 36.9 Å². The van der Waals surface area contributed by atoms with Gasteiger partial charge < -0.3 is 9.47 Å². The van der Waals surface area contributed by atoms with E-state index >= 15 is 0 Å². The van der Waals surface area contributed by atoms with Gasteiger partial charge in [-0.2, -0.15) is 0 Å². The van der Waals surface area contributed by atoms with Crippen molar-refractivity contribution in [2.75, 3.05) is 6.61 Å². The largest absolute Gasteiger partial charge is 0.483 e. The number of nitro groups is 1. The molecule has 0 bridgehead atoms. The van der Waals surface area contributed by atoms with E-state index in [0.29, 0.717) is 25.8 Å². The number of esters is 1. The molecular formula is C24H13Br2ClN2O6. The number of nitrogens with zero attached hydrogens (tertiary/aromatic N) is 2. The van der Waals surface area contributed by atoms with Crippen molar-refractivity contribution in [2.24, 2.45) is 4.99 Å². The molecule has 1 aliphatic rings. The number of hydrogen-bond acceptors (Lipinski definition) is 7. The molecule has 3 aromatic rings. The molecule has 0 saturated heterocycles. The summed E-state index contributed by atoms with van der Waals surface area (Å²) in [6.07, 6.45) is 1.50. The second-order valence-electron chi connectivity index (χ2n) is 7.15. The van der Waals surface area contributed by atoms with Crippen molar-refractivity contribution in [3.05, 3.63) is 107 Å². The first-order valence-corrected chi connectivity index (χ1v) is 11.9. The molecule has 0 aliphatic carbocycles. The highest BCUT2D eigenvalue weighted by Gasteiger charge is 2.27. The van der Waals surface area contributed by atoms with E-state index in [1.165, 1.54) is 18.2 Å². The predicted octanol–water partition coefficient (Wildman–Crippen LogP) is 6.38. The standard InChI is InChI=1S/C24H13Br2ClN2O6/c25-17-8-13(9-18(26)22(17)34-12-21(30)14-4-2-1-3-5-14)10-20-24(31)35-23(28-20)16-7-6-15(29(32)33)11-19(16)27/h1-11H,12H2/b20-10-. The zero-order valence-corrected chi connectivity index (χ0v) is 21.5. The van der Waals surface area contributed by atoms with Crippen LogP contribution in [0.4, 0.5) is 5.69 Å². The van der Waals surface area contributed by atoms with Gasteiger partial charge in [-0.25, -0.2) is 9.79 Å². The maximum absolute atomic E-state index is 12.4. The van der Waals surface area contributed by atoms with Gasteiger partial charge in [0.1, 0.15) is 5.75 Å². The molecule has 4 rings (SSSR count). The fourth-order valence-electron chi connectivity index (χ4n) is 3.12. The molecule has 3 aromatic carbocycles. The second-order valence-corrected chi connectivity index (χ2v) is 9.26. The van der Waals surface area contributed by atoms with E-state index in [-0.39, 0.29) is 40.3 Å². The van der Waals surface area contributed by atoms with Gasteiger partial charge in [0.05, 0.1) is 24.5 Å². The van der Waals surface area contributed by atoms with E-state index in [1.807, 2.05) is 6.07 Å². The van der Waals surface area contributed by atoms with Crippen molar-refractivity contribution >= 4 is 72.9 Å². The number of hydrogen-bond donors (Lipinski definition) is 0. The van der Waals surface area contributed by atoms with Gasteiger partial charge in [-0.3, -0.25) is 14.9 Å². The normalized spacial score (nSPS) is 14.0. The summed E-state index contributed by atoms with van der Waals surface area (Å²) in [5, 5.41) is 10.9. The molecule has 35 heavy (non-hydrogen) atoms. The van der Waals surface area contributed by atoms with Crippen LogP contribution in [0.5, 0.6) is 5.75 Å². The van der Waals surface area contributed by atoms with Crippen molar-refractivity contribution in [3.63, 3.8) is 0 Å². The fraction of sp³-hybridized carbons (Fsp3) is 0.0417. The lowest BCUT2D eigenvalue weighted by Crippen LogP contribution is -2.12. The molecule has 0 saturated carbocycles. The number of rotatable bonds is 7. The molecule has 1 heterocycles. The highest BCUT2D eigenvalue weighted by atomic mass is 79.9. The van der Waals surface area contributed by atoms with Crippen LogP contribution in [0.3, 0.4) is 0 Å². The number of carbonyl (C=O) groups excluding carboxylic acids is 2. The van der Waals surface area contributed by atoms with Gasteiger partial charge in [0.2, 0.25) is 5.90 Å². The first-order chi connectivity index (χ1) is 16.7. The number of non-ortho nitro benzene ring substituents is 1. The smallest absolute Gasteiger partial charge is 0.363 e. The monoisotopic (exact) mass is 618 g/mol. The Hall–Kier alpha value is -3.34. The summed E-state index contributed by atoms with van der Waals surface area (Å²) >= 11 is 13.0. The topological polar surface area (TPSA) is 108 Å². The van der Waals surface area contributed by atoms with Crippen molar-refractivity contribution in [3.8, 4) is 5.75 Å². The Morgan fingerprint density at radius 1 is 1.11 bits per heavy atom. The van der Waals surface area contributed by atoms with Crippen molar-refractivity contribution in [1.82, 2.24) is 0 Å². The Balaban J connectivity index is 1.54. The molecule has 176 valence electrons. The Morgan fingerprint density at radius 2 is 1.80 bits per heavy atom. The number of carbonyl (C=O) groups is 2. The van der Waals surface area contributed by atoms with Crippen molar-refractivity contribution in [2.45, 2.75) is 0 Å². The summed E-state index contributed by atoms with van der Waals surface area (Å²) in [5.74, 6) is -0.502. The third-order valence-corrected chi connectivity index (χ3v) is 6.27. The van der Waals surface area contributed by atoms with E-state index in [1.54, 1.807) is 36.4 Å². The van der Waals surface area contributed by atoms with Crippen LogP contribution in [0.15, 0.2) is 80.3 Å². The van der Waals surface area contributed by atoms with E-state index in [9.17, 15) is 19.7 Å². The van der Waals surface area contributed by atoms with Gasteiger partial charge in [-0.1, -0.05) is 41.9 Å². The summed E-state index contributed by atoms with van der Waals surface area (Å²) in [4.78, 5) is 39.2. The SMILES string of the molecule is O=C1OC(c2ccc([N+](=O)[O-])cc2Cl)=N/C1=C\c1cc(Br)c(OCC(=O)c2ccccc2)c(Br)c1. The minimum absolute atomic E-state index is 0.0149. The number of nitro benzene ring substituents is 1. The van der Waals surface area contributed by atoms with Crippen molar-refractivity contribution in [1.29, 1.82) is 0 Å². The Bertz CT molecular complexity index is 1400. The predicted molar refractivity (Wildman–Crippen MR) is 137 cm³/mol. The average molecular weight is 621 g/mol. The summed E-state index contributed by atoms with van der Waals surface area (Å²) in [6.45, 7) is -0.155. The first-order valence-electron chi connectivity index (χ1n) is 9.90. The van der Waals surface area contributed by atoms with Crippen LogP contribution in [-0.2, 0) is 9.53 Å². The minimum atomic E-state index is -0.699. The summed E-state index contributed by atoms with van der Waals surface area (Å²) < 4.78 is 12.0. The zero-order chi connectivity index (χ0) is 25.1. The second kappa shape index (κ2) is 10.5. The third-order valence-electron chi connectivity index (χ3n) is 4.78. The first kappa shape index (κ1) is 24.8. The van der Waals surface area contributed by atoms with Gasteiger partial charge in [-0.05, 0) is 61.7 Å². The number of aliphatic imine (C=N–C) groups is 1. The van der Waals surface area contributed by atoms with Crippen LogP contribution in [0, 0.1) is 10.1 Å². The third kappa shape index (κ3) is 5.67. The van der Waals surface area contributed by atoms with Gasteiger partial charge in [0.15, 0.2) is 18.1 Å². The van der Waals surface area contributed by atoms with Crippen LogP contribution in [0.25, 0.3) is 6.08 Å². The molecule has 11 heteroatoms. The van der Waals surface area contributed by atoms with E-state index < -0.39 is 10.9 Å². The number of halogens is 3. The molecule has 0 spiro atoms. The highest BCUT2D eigenvalue weighted by Crippen LogP contribution is 2.36. The van der Waals surface area contributed by atoms with Crippen LogP contribution in [0.2, 0.25) is 5.02 Å². The van der Waals surface area contributed by atoms with Crippen molar-refractivity contribution < 1.29 is 24.0 Å². The average Bonchev–Trinajstić information content (AvgIpc) is 3.18. The number of Topliss-reactive ketones (excluding diaryl/α,β-unsaturated/α-hetero) is 1. The summed E-state index contributed by atoms with van der Waals surface area (Å²) in [7, 11) is 0. The molecule has 0 radical (unpaired) electrons. The van der Waals surface area contributed by atoms with Crippen LogP contribution >= 0.6 is 43.5 Å². The summed E-state index contributed by atoms with van der Waals surface area (Å²) in [5.41, 5.74) is 1.21. The highest BCUT2D eigenvalue weighted by molar-refractivity contribution is 9.11. The quantitative estimate of drug-likeness (QED) is 0.0998. The van der Waals surface area contributed by atoms with Gasteiger partial charge in [0.25, 0.3) is 5.69 Å². The lowest BCUT2D eigenvalue weighted by molar-refractivity contribution is -0.384. The van der Waals surface area contributed by atoms with Gasteiger partial charge >= 0.3 is 5.97 Å². The lowest BCUT2D eigenvalue weighted by atomic mass is 10.1. The Morgan fingerprint density at radius 3 is 2.43 bits per heavy atom. The zero-order valence-electron chi connectivity index (χ0n) is 17.5. The molecule has 0 aromatic heterocycles. The molecule has 0 fully saturated rings. The molecule has 8 nitrogen and oxygen atoms in total. The number of benzene rings is 3. The molecular weight excluding hydrogens is 608 g/mol. The number of ether oxygens (including phenoxy) is 2. The maximum atomic E-state index is 12.4. The van der Waals surface area contributed by atoms with Crippen LogP contribution in [-0.4, -0.2) is 29.2 Å². The van der Waals surface area contributed by atoms with E-state index in [4.69, 9.17) is 21.1 Å². The Labute approximate surface area is 220 Å². The lowest BCUT2D eigenvalue weighted by Gasteiger charge is -2.11. The van der Waals surface area contributed by atoms with Gasteiger partial charge in [-0.15, -0.1) is 0 Å². The fourth-order valence-corrected chi connectivity index (χ4v) is 4.83. The van der Waals surface area contributed by atoms with E-state index in [0.717, 1.165) is 6.07 Å². The maximum Gasteiger partial charge on any atom is 0.363 e. The number of cyclic esters (lactones) is 1. The minimum Gasteiger partial charge on any atom is -0.483 e. The Kier molecular flexibility index (Phi) is 7.44. The molecule has 0 N–H and O–H groups in total. The van der Waals surface area contributed by atoms with Gasteiger partial charge in [0, 0.05) is 17.7 Å². The summed E-state index contributed by atoms with van der Waals surface area (Å²) in [6, 6.07) is 16.0. The molecule has 0 atom stereocenters. The van der Waals surface area contributed by atoms with Crippen LogP contribution in [0.1, 0.15) is 21.5 Å². The molecule has 1 aliphatic heterocycles. The molecule has 0 amide bonds. The molecule has 0 unspecified atom stereocenters. The number of ketones is 1.